The van der Waals surface area contributed by atoms with Crippen LogP contribution >= 0.6 is 0 Å². The van der Waals surface area contributed by atoms with E-state index in [-0.39, 0.29) is 17.6 Å². The lowest BCUT2D eigenvalue weighted by Crippen LogP contribution is -2.37. The van der Waals surface area contributed by atoms with Gasteiger partial charge in [-0.1, -0.05) is 13.3 Å². The molecule has 0 bridgehead atoms. The van der Waals surface area contributed by atoms with Gasteiger partial charge >= 0.3 is 0 Å². The molecule has 1 saturated heterocycles. The second kappa shape index (κ2) is 5.61. The largest absolute Gasteiger partial charge is 0.293 e. The molecule has 0 aliphatic carbocycles. The molecule has 18 heavy (non-hydrogen) atoms. The van der Waals surface area contributed by atoms with E-state index in [4.69, 9.17) is 0 Å². The van der Waals surface area contributed by atoms with Crippen LogP contribution in [0.4, 0.5) is 4.39 Å². The van der Waals surface area contributed by atoms with E-state index in [9.17, 15) is 9.18 Å². The van der Waals surface area contributed by atoms with Crippen LogP contribution in [-0.4, -0.2) is 29.8 Å². The molecule has 2 rings (SSSR count). The molecule has 1 aromatic rings. The van der Waals surface area contributed by atoms with Gasteiger partial charge in [-0.15, -0.1) is 0 Å². The molecule has 1 aromatic carbocycles. The van der Waals surface area contributed by atoms with E-state index in [0.717, 1.165) is 13.1 Å². The standard InChI is InChI=1S/C15H20FNO/c1-3-12-8-9-17(10-12)11(2)15(18)13-4-6-14(16)7-5-13/h4-7,11-12H,3,8-10H2,1-2H3. The molecule has 0 radical (unpaired) electrons. The van der Waals surface area contributed by atoms with Gasteiger partial charge in [0.05, 0.1) is 6.04 Å². The molecule has 0 N–H and O–H groups in total. The average molecular weight is 249 g/mol. The highest BCUT2D eigenvalue weighted by Gasteiger charge is 2.28. The highest BCUT2D eigenvalue weighted by Crippen LogP contribution is 2.22. The lowest BCUT2D eigenvalue weighted by atomic mass is 10.0. The van der Waals surface area contributed by atoms with Gasteiger partial charge in [0.1, 0.15) is 5.82 Å². The number of Topliss-reactive ketones (excluding diaryl/α,β-unsaturated/α-hetero) is 1. The molecule has 2 nitrogen and oxygen atoms in total. The molecule has 2 unspecified atom stereocenters. The Hall–Kier alpha value is -1.22. The van der Waals surface area contributed by atoms with E-state index in [2.05, 4.69) is 11.8 Å². The Morgan fingerprint density at radius 2 is 2.11 bits per heavy atom. The third-order valence-electron chi connectivity index (χ3n) is 3.95. The predicted octanol–water partition coefficient (Wildman–Crippen LogP) is 3.13. The number of halogens is 1. The molecule has 1 fully saturated rings. The first kappa shape index (κ1) is 13.2. The summed E-state index contributed by atoms with van der Waals surface area (Å²) >= 11 is 0. The number of carbonyl (C=O) groups is 1. The van der Waals surface area contributed by atoms with Gasteiger partial charge in [-0.2, -0.15) is 0 Å². The van der Waals surface area contributed by atoms with Crippen LogP contribution in [0.15, 0.2) is 24.3 Å². The van der Waals surface area contributed by atoms with Crippen LogP contribution < -0.4 is 0 Å². The summed E-state index contributed by atoms with van der Waals surface area (Å²) in [6, 6.07) is 5.73. The molecular weight excluding hydrogens is 229 g/mol. The van der Waals surface area contributed by atoms with Gasteiger partial charge in [-0.25, -0.2) is 4.39 Å². The van der Waals surface area contributed by atoms with E-state index in [1.165, 1.54) is 25.0 Å². The first-order valence-electron chi connectivity index (χ1n) is 6.65. The van der Waals surface area contributed by atoms with Crippen molar-refractivity contribution in [1.82, 2.24) is 4.90 Å². The molecule has 3 heteroatoms. The maximum absolute atomic E-state index is 12.8. The average Bonchev–Trinajstić information content (AvgIpc) is 2.86. The van der Waals surface area contributed by atoms with Crippen molar-refractivity contribution in [3.8, 4) is 0 Å². The van der Waals surface area contributed by atoms with Gasteiger partial charge < -0.3 is 0 Å². The normalized spacial score (nSPS) is 22.1. The van der Waals surface area contributed by atoms with E-state index in [1.807, 2.05) is 6.92 Å². The first-order chi connectivity index (χ1) is 8.61. The number of carbonyl (C=O) groups excluding carboxylic acids is 1. The first-order valence-corrected chi connectivity index (χ1v) is 6.65. The zero-order chi connectivity index (χ0) is 13.1. The maximum atomic E-state index is 12.8. The van der Waals surface area contributed by atoms with Crippen LogP contribution in [0.1, 0.15) is 37.0 Å². The molecule has 0 aromatic heterocycles. The smallest absolute Gasteiger partial charge is 0.179 e. The fraction of sp³-hybridized carbons (Fsp3) is 0.533. The number of benzene rings is 1. The van der Waals surface area contributed by atoms with Crippen LogP contribution in [0.2, 0.25) is 0 Å². The topological polar surface area (TPSA) is 20.3 Å². The Kier molecular flexibility index (Phi) is 4.12. The number of ketones is 1. The summed E-state index contributed by atoms with van der Waals surface area (Å²) in [5, 5.41) is 0. The number of nitrogens with zero attached hydrogens (tertiary/aromatic N) is 1. The van der Waals surface area contributed by atoms with Gasteiger partial charge in [0, 0.05) is 12.1 Å². The Labute approximate surface area is 108 Å². The summed E-state index contributed by atoms with van der Waals surface area (Å²) in [5.74, 6) is 0.506. The van der Waals surface area contributed by atoms with Crippen molar-refractivity contribution in [3.05, 3.63) is 35.6 Å². The molecule has 0 spiro atoms. The van der Waals surface area contributed by atoms with Crippen molar-refractivity contribution in [2.24, 2.45) is 5.92 Å². The van der Waals surface area contributed by atoms with Crippen molar-refractivity contribution < 1.29 is 9.18 Å². The van der Waals surface area contributed by atoms with Crippen LogP contribution in [-0.2, 0) is 0 Å². The third-order valence-corrected chi connectivity index (χ3v) is 3.95. The van der Waals surface area contributed by atoms with Crippen LogP contribution in [0, 0.1) is 11.7 Å². The number of rotatable bonds is 4. The second-order valence-corrected chi connectivity index (χ2v) is 5.11. The van der Waals surface area contributed by atoms with Gasteiger partial charge in [-0.05, 0) is 50.1 Å². The van der Waals surface area contributed by atoms with Crippen molar-refractivity contribution in [2.75, 3.05) is 13.1 Å². The van der Waals surface area contributed by atoms with Crippen molar-refractivity contribution >= 4 is 5.78 Å². The minimum Gasteiger partial charge on any atom is -0.293 e. The quantitative estimate of drug-likeness (QED) is 0.764. The molecular formula is C15H20FNO. The Bertz CT molecular complexity index is 415. The number of hydrogen-bond acceptors (Lipinski definition) is 2. The van der Waals surface area contributed by atoms with Crippen LogP contribution in [0.3, 0.4) is 0 Å². The fourth-order valence-electron chi connectivity index (χ4n) is 2.57. The fourth-order valence-corrected chi connectivity index (χ4v) is 2.57. The second-order valence-electron chi connectivity index (χ2n) is 5.11. The van der Waals surface area contributed by atoms with Gasteiger partial charge in [0.15, 0.2) is 5.78 Å². The van der Waals surface area contributed by atoms with Crippen LogP contribution in [0.25, 0.3) is 0 Å². The Morgan fingerprint density at radius 1 is 1.44 bits per heavy atom. The molecule has 0 amide bonds. The summed E-state index contributed by atoms with van der Waals surface area (Å²) < 4.78 is 12.8. The molecule has 1 heterocycles. The van der Waals surface area contributed by atoms with Gasteiger partial charge in [0.2, 0.25) is 0 Å². The highest BCUT2D eigenvalue weighted by molar-refractivity contribution is 5.99. The van der Waals surface area contributed by atoms with Crippen molar-refractivity contribution in [1.29, 1.82) is 0 Å². The minimum absolute atomic E-state index is 0.0896. The van der Waals surface area contributed by atoms with E-state index < -0.39 is 0 Å². The molecule has 2 atom stereocenters. The van der Waals surface area contributed by atoms with Crippen molar-refractivity contribution in [3.63, 3.8) is 0 Å². The van der Waals surface area contributed by atoms with E-state index >= 15 is 0 Å². The lowest BCUT2D eigenvalue weighted by molar-refractivity contribution is 0.0862. The number of hydrogen-bond donors (Lipinski definition) is 0. The maximum Gasteiger partial charge on any atom is 0.179 e. The summed E-state index contributed by atoms with van der Waals surface area (Å²) in [4.78, 5) is 14.5. The van der Waals surface area contributed by atoms with Gasteiger partial charge in [0.25, 0.3) is 0 Å². The minimum atomic E-state index is -0.300. The zero-order valence-corrected chi connectivity index (χ0v) is 11.0. The monoisotopic (exact) mass is 249 g/mol. The molecule has 0 saturated carbocycles. The highest BCUT2D eigenvalue weighted by atomic mass is 19.1. The molecule has 1 aliphatic rings. The predicted molar refractivity (Wildman–Crippen MR) is 70.2 cm³/mol. The SMILES string of the molecule is CCC1CCN(C(C)C(=O)c2ccc(F)cc2)C1. The third kappa shape index (κ3) is 2.78. The lowest BCUT2D eigenvalue weighted by Gasteiger charge is -2.23. The van der Waals surface area contributed by atoms with Crippen molar-refractivity contribution in [2.45, 2.75) is 32.7 Å². The summed E-state index contributed by atoms with van der Waals surface area (Å²) in [5.41, 5.74) is 0.601. The van der Waals surface area contributed by atoms with E-state index in [1.54, 1.807) is 12.1 Å². The van der Waals surface area contributed by atoms with Gasteiger partial charge in [-0.3, -0.25) is 9.69 Å². The summed E-state index contributed by atoms with van der Waals surface area (Å²) in [6.07, 6.45) is 2.35. The zero-order valence-electron chi connectivity index (χ0n) is 11.0. The Morgan fingerprint density at radius 3 is 2.67 bits per heavy atom. The Balaban J connectivity index is 2.03. The summed E-state index contributed by atoms with van der Waals surface area (Å²) in [7, 11) is 0. The van der Waals surface area contributed by atoms with Crippen LogP contribution in [0.5, 0.6) is 0 Å². The summed E-state index contributed by atoms with van der Waals surface area (Å²) in [6.45, 7) is 6.14. The number of likely N-dealkylation sites (tertiary alicyclic amines) is 1. The molecule has 98 valence electrons. The van der Waals surface area contributed by atoms with E-state index in [0.29, 0.717) is 11.5 Å². The molecule has 1 aliphatic heterocycles.